The number of rotatable bonds is 7. The van der Waals surface area contributed by atoms with Gasteiger partial charge in [-0.2, -0.15) is 0 Å². The molecule has 4 heteroatoms. The van der Waals surface area contributed by atoms with E-state index in [1.807, 2.05) is 12.1 Å². The minimum atomic E-state index is -0.410. The molecule has 0 bridgehead atoms. The van der Waals surface area contributed by atoms with E-state index < -0.39 is 11.9 Å². The number of esters is 2. The highest BCUT2D eigenvalue weighted by molar-refractivity contribution is 5.93. The predicted molar refractivity (Wildman–Crippen MR) is 102 cm³/mol. The lowest BCUT2D eigenvalue weighted by Crippen LogP contribution is -2.07. The number of ether oxygens (including phenoxy) is 2. The van der Waals surface area contributed by atoms with E-state index in [1.54, 1.807) is 50.2 Å². The number of hydrogen-bond acceptors (Lipinski definition) is 4. The largest absolute Gasteiger partial charge is 0.458 e. The van der Waals surface area contributed by atoms with Gasteiger partial charge in [0.25, 0.3) is 0 Å². The zero-order chi connectivity index (χ0) is 19.1. The van der Waals surface area contributed by atoms with Crippen molar-refractivity contribution in [2.45, 2.75) is 13.8 Å². The van der Waals surface area contributed by atoms with E-state index in [1.165, 1.54) is 0 Å². The van der Waals surface area contributed by atoms with E-state index in [0.29, 0.717) is 11.1 Å². The molecule has 0 aliphatic rings. The highest BCUT2D eigenvalue weighted by Gasteiger charge is 2.11. The molecule has 2 aromatic rings. The molecule has 26 heavy (non-hydrogen) atoms. The van der Waals surface area contributed by atoms with Crippen LogP contribution >= 0.6 is 0 Å². The quantitative estimate of drug-likeness (QED) is 0.531. The van der Waals surface area contributed by atoms with Gasteiger partial charge in [-0.15, -0.1) is 0 Å². The summed E-state index contributed by atoms with van der Waals surface area (Å²) in [5.41, 5.74) is 4.05. The second-order valence-corrected chi connectivity index (χ2v) is 6.23. The second kappa shape index (κ2) is 8.81. The summed E-state index contributed by atoms with van der Waals surface area (Å²) in [5.74, 6) is -0.821. The SMILES string of the molecule is C=C(C)COC(=O)c1cccc(-c2cccc(C(=O)OCC(=C)C)c2)c1. The van der Waals surface area contributed by atoms with Crippen LogP contribution in [0.4, 0.5) is 0 Å². The maximum absolute atomic E-state index is 12.1. The first-order chi connectivity index (χ1) is 12.4. The van der Waals surface area contributed by atoms with Crippen LogP contribution in [0.2, 0.25) is 0 Å². The Morgan fingerprint density at radius 1 is 0.769 bits per heavy atom. The van der Waals surface area contributed by atoms with Gasteiger partial charge in [-0.3, -0.25) is 0 Å². The summed E-state index contributed by atoms with van der Waals surface area (Å²) >= 11 is 0. The Morgan fingerprint density at radius 3 is 1.50 bits per heavy atom. The molecular formula is C22H22O4. The first-order valence-corrected chi connectivity index (χ1v) is 8.20. The van der Waals surface area contributed by atoms with Gasteiger partial charge in [0.2, 0.25) is 0 Å². The number of carbonyl (C=O) groups excluding carboxylic acids is 2. The first kappa shape index (κ1) is 19.2. The molecule has 0 heterocycles. The molecule has 134 valence electrons. The van der Waals surface area contributed by atoms with Crippen molar-refractivity contribution >= 4 is 11.9 Å². The Kier molecular flexibility index (Phi) is 6.50. The summed E-state index contributed by atoms with van der Waals surface area (Å²) in [5, 5.41) is 0. The third kappa shape index (κ3) is 5.45. The van der Waals surface area contributed by atoms with Crippen molar-refractivity contribution in [1.29, 1.82) is 0 Å². The molecule has 0 radical (unpaired) electrons. The number of benzene rings is 2. The molecule has 0 spiro atoms. The average molecular weight is 350 g/mol. The highest BCUT2D eigenvalue weighted by Crippen LogP contribution is 2.22. The number of carbonyl (C=O) groups is 2. The third-order valence-electron chi connectivity index (χ3n) is 3.43. The van der Waals surface area contributed by atoms with E-state index in [-0.39, 0.29) is 13.2 Å². The van der Waals surface area contributed by atoms with Crippen LogP contribution < -0.4 is 0 Å². The smallest absolute Gasteiger partial charge is 0.338 e. The van der Waals surface area contributed by atoms with E-state index in [0.717, 1.165) is 22.3 Å². The van der Waals surface area contributed by atoms with Crippen LogP contribution in [0.1, 0.15) is 34.6 Å². The van der Waals surface area contributed by atoms with Gasteiger partial charge in [-0.25, -0.2) is 9.59 Å². The lowest BCUT2D eigenvalue weighted by Gasteiger charge is -2.08. The van der Waals surface area contributed by atoms with Gasteiger partial charge in [-0.1, -0.05) is 37.4 Å². The lowest BCUT2D eigenvalue weighted by molar-refractivity contribution is 0.0531. The van der Waals surface area contributed by atoms with Gasteiger partial charge in [0.05, 0.1) is 11.1 Å². The van der Waals surface area contributed by atoms with Crippen LogP contribution in [0.3, 0.4) is 0 Å². The molecule has 0 atom stereocenters. The molecular weight excluding hydrogens is 328 g/mol. The second-order valence-electron chi connectivity index (χ2n) is 6.23. The van der Waals surface area contributed by atoms with Gasteiger partial charge in [0.1, 0.15) is 13.2 Å². The summed E-state index contributed by atoms with van der Waals surface area (Å²) in [6.45, 7) is 11.4. The summed E-state index contributed by atoms with van der Waals surface area (Å²) in [6.07, 6.45) is 0. The van der Waals surface area contributed by atoms with E-state index in [9.17, 15) is 9.59 Å². The Balaban J connectivity index is 2.21. The van der Waals surface area contributed by atoms with Crippen molar-refractivity contribution in [1.82, 2.24) is 0 Å². The zero-order valence-electron chi connectivity index (χ0n) is 15.1. The average Bonchev–Trinajstić information content (AvgIpc) is 2.64. The highest BCUT2D eigenvalue weighted by atomic mass is 16.5. The van der Waals surface area contributed by atoms with Crippen molar-refractivity contribution in [2.24, 2.45) is 0 Å². The fourth-order valence-electron chi connectivity index (χ4n) is 2.20. The predicted octanol–water partition coefficient (Wildman–Crippen LogP) is 4.82. The molecule has 0 aromatic heterocycles. The van der Waals surface area contributed by atoms with Crippen molar-refractivity contribution in [3.8, 4) is 11.1 Å². The maximum atomic E-state index is 12.1. The topological polar surface area (TPSA) is 52.6 Å². The monoisotopic (exact) mass is 350 g/mol. The van der Waals surface area contributed by atoms with Gasteiger partial charge < -0.3 is 9.47 Å². The summed E-state index contributed by atoms with van der Waals surface area (Å²) in [4.78, 5) is 24.2. The van der Waals surface area contributed by atoms with Gasteiger partial charge in [0.15, 0.2) is 0 Å². The summed E-state index contributed by atoms with van der Waals surface area (Å²) < 4.78 is 10.4. The minimum Gasteiger partial charge on any atom is -0.458 e. The Labute approximate surface area is 153 Å². The Morgan fingerprint density at radius 2 is 1.15 bits per heavy atom. The van der Waals surface area contributed by atoms with Crippen LogP contribution in [0.25, 0.3) is 11.1 Å². The summed E-state index contributed by atoms with van der Waals surface area (Å²) in [7, 11) is 0. The first-order valence-electron chi connectivity index (χ1n) is 8.20. The van der Waals surface area contributed by atoms with E-state index >= 15 is 0 Å². The lowest BCUT2D eigenvalue weighted by atomic mass is 10.0. The van der Waals surface area contributed by atoms with Gasteiger partial charge in [-0.05, 0) is 60.4 Å². The molecule has 0 saturated carbocycles. The van der Waals surface area contributed by atoms with Crippen molar-refractivity contribution in [3.63, 3.8) is 0 Å². The molecule has 0 saturated heterocycles. The molecule has 4 nitrogen and oxygen atoms in total. The molecule has 0 amide bonds. The van der Waals surface area contributed by atoms with E-state index in [2.05, 4.69) is 13.2 Å². The Hall–Kier alpha value is -3.14. The standard InChI is InChI=1S/C22H22O4/c1-15(2)13-25-21(23)19-9-5-7-17(11-19)18-8-6-10-20(12-18)22(24)26-14-16(3)4/h5-12H,1,3,13-14H2,2,4H3. The fourth-order valence-corrected chi connectivity index (χ4v) is 2.20. The van der Waals surface area contributed by atoms with E-state index in [4.69, 9.17) is 9.47 Å². The normalized spacial score (nSPS) is 10.1. The molecule has 2 aromatic carbocycles. The van der Waals surface area contributed by atoms with Crippen LogP contribution in [0.5, 0.6) is 0 Å². The maximum Gasteiger partial charge on any atom is 0.338 e. The Bertz CT molecular complexity index is 777. The van der Waals surface area contributed by atoms with Crippen LogP contribution in [0.15, 0.2) is 72.8 Å². The molecule has 0 fully saturated rings. The van der Waals surface area contributed by atoms with Crippen molar-refractivity contribution in [2.75, 3.05) is 13.2 Å². The van der Waals surface area contributed by atoms with Crippen molar-refractivity contribution < 1.29 is 19.1 Å². The molecule has 0 unspecified atom stereocenters. The number of hydrogen-bond donors (Lipinski definition) is 0. The fraction of sp³-hybridized carbons (Fsp3) is 0.182. The van der Waals surface area contributed by atoms with Gasteiger partial charge in [0, 0.05) is 0 Å². The molecule has 2 rings (SSSR count). The summed E-state index contributed by atoms with van der Waals surface area (Å²) in [6, 6.07) is 14.1. The zero-order valence-corrected chi connectivity index (χ0v) is 15.1. The van der Waals surface area contributed by atoms with Crippen molar-refractivity contribution in [3.05, 3.63) is 84.0 Å². The molecule has 0 aliphatic carbocycles. The third-order valence-corrected chi connectivity index (χ3v) is 3.43. The van der Waals surface area contributed by atoms with Crippen LogP contribution in [-0.2, 0) is 9.47 Å². The molecule has 0 N–H and O–H groups in total. The van der Waals surface area contributed by atoms with Crippen LogP contribution in [0, 0.1) is 0 Å². The minimum absolute atomic E-state index is 0.188. The van der Waals surface area contributed by atoms with Crippen LogP contribution in [-0.4, -0.2) is 25.2 Å². The van der Waals surface area contributed by atoms with Gasteiger partial charge >= 0.3 is 11.9 Å². The molecule has 0 aliphatic heterocycles.